The Hall–Kier alpha value is -1.96. The van der Waals surface area contributed by atoms with Gasteiger partial charge in [-0.2, -0.15) is 0 Å². The van der Waals surface area contributed by atoms with Crippen molar-refractivity contribution in [2.45, 2.75) is 4.90 Å². The third-order valence-electron chi connectivity index (χ3n) is 2.78. The number of nitrogens with one attached hydrogen (secondary N) is 1. The molecule has 6 nitrogen and oxygen atoms in total. The molecule has 0 atom stereocenters. The maximum absolute atomic E-state index is 11.4. The number of halogens is 1. The minimum absolute atomic E-state index is 0.0289. The lowest BCUT2D eigenvalue weighted by Gasteiger charge is -2.12. The molecular weight excluding hydrogens is 314 g/mol. The Morgan fingerprint density at radius 2 is 1.90 bits per heavy atom. The number of anilines is 3. The van der Waals surface area contributed by atoms with Crippen LogP contribution in [0.25, 0.3) is 0 Å². The summed E-state index contributed by atoms with van der Waals surface area (Å²) in [6.07, 6.45) is 0. The van der Waals surface area contributed by atoms with Gasteiger partial charge in [0.1, 0.15) is 5.75 Å². The van der Waals surface area contributed by atoms with Gasteiger partial charge in [-0.3, -0.25) is 0 Å². The molecule has 2 aromatic carbocycles. The molecule has 112 valence electrons. The van der Waals surface area contributed by atoms with Crippen LogP contribution in [0, 0.1) is 0 Å². The molecule has 0 aliphatic rings. The van der Waals surface area contributed by atoms with E-state index in [2.05, 4.69) is 5.32 Å². The van der Waals surface area contributed by atoms with E-state index in [-0.39, 0.29) is 4.90 Å². The van der Waals surface area contributed by atoms with Crippen LogP contribution >= 0.6 is 11.6 Å². The van der Waals surface area contributed by atoms with Gasteiger partial charge in [0.25, 0.3) is 0 Å². The van der Waals surface area contributed by atoms with Crippen molar-refractivity contribution in [2.75, 3.05) is 18.2 Å². The van der Waals surface area contributed by atoms with E-state index >= 15 is 0 Å². The first-order chi connectivity index (χ1) is 9.81. The second-order valence-electron chi connectivity index (χ2n) is 4.27. The molecule has 5 N–H and O–H groups in total. The molecule has 0 saturated carbocycles. The molecular formula is C13H14ClN3O3S. The molecule has 0 fully saturated rings. The second kappa shape index (κ2) is 5.80. The first-order valence-electron chi connectivity index (χ1n) is 5.84. The van der Waals surface area contributed by atoms with Crippen LogP contribution in [0.2, 0.25) is 5.02 Å². The Balaban J connectivity index is 2.37. The van der Waals surface area contributed by atoms with Gasteiger partial charge in [-0.05, 0) is 36.4 Å². The molecule has 0 aromatic heterocycles. The third kappa shape index (κ3) is 3.57. The highest BCUT2D eigenvalue weighted by atomic mass is 35.5. The molecule has 8 heteroatoms. The van der Waals surface area contributed by atoms with Gasteiger partial charge in [0.05, 0.1) is 28.4 Å². The first kappa shape index (κ1) is 15.4. The van der Waals surface area contributed by atoms with E-state index in [1.807, 2.05) is 0 Å². The lowest BCUT2D eigenvalue weighted by Crippen LogP contribution is -2.12. The van der Waals surface area contributed by atoms with Gasteiger partial charge in [-0.15, -0.1) is 0 Å². The first-order valence-corrected chi connectivity index (χ1v) is 7.76. The maximum Gasteiger partial charge on any atom is 0.238 e. The Morgan fingerprint density at radius 1 is 1.19 bits per heavy atom. The van der Waals surface area contributed by atoms with E-state index in [4.69, 9.17) is 27.2 Å². The number of ether oxygens (including phenoxy) is 1. The van der Waals surface area contributed by atoms with Crippen LogP contribution in [-0.4, -0.2) is 15.5 Å². The normalized spacial score (nSPS) is 11.2. The lowest BCUT2D eigenvalue weighted by atomic mass is 10.2. The molecule has 0 unspecified atom stereocenters. The summed E-state index contributed by atoms with van der Waals surface area (Å²) in [6.45, 7) is 0. The van der Waals surface area contributed by atoms with Gasteiger partial charge in [-0.25, -0.2) is 13.6 Å². The molecule has 0 radical (unpaired) electrons. The summed E-state index contributed by atoms with van der Waals surface area (Å²) >= 11 is 6.03. The van der Waals surface area contributed by atoms with E-state index in [9.17, 15) is 8.42 Å². The number of nitrogen functional groups attached to an aromatic ring is 1. The predicted molar refractivity (Wildman–Crippen MR) is 83.5 cm³/mol. The number of hydrogen-bond acceptors (Lipinski definition) is 5. The Kier molecular flexibility index (Phi) is 4.26. The molecule has 0 heterocycles. The molecule has 2 rings (SSSR count). The van der Waals surface area contributed by atoms with Crippen molar-refractivity contribution in [3.8, 4) is 5.75 Å². The number of rotatable bonds is 4. The largest absolute Gasteiger partial charge is 0.495 e. The number of sulfonamides is 1. The predicted octanol–water partition coefficient (Wildman–Crippen LogP) is 2.32. The van der Waals surface area contributed by atoms with Gasteiger partial charge in [0, 0.05) is 5.69 Å². The average Bonchev–Trinajstić information content (AvgIpc) is 2.40. The summed E-state index contributed by atoms with van der Waals surface area (Å²) in [7, 11) is -2.28. The quantitative estimate of drug-likeness (QED) is 0.747. The van der Waals surface area contributed by atoms with E-state index < -0.39 is 10.0 Å². The van der Waals surface area contributed by atoms with Crippen molar-refractivity contribution < 1.29 is 13.2 Å². The van der Waals surface area contributed by atoms with Crippen LogP contribution in [-0.2, 0) is 10.0 Å². The van der Waals surface area contributed by atoms with Crippen LogP contribution in [0.4, 0.5) is 17.1 Å². The van der Waals surface area contributed by atoms with E-state index in [0.717, 1.165) is 0 Å². The van der Waals surface area contributed by atoms with Gasteiger partial charge in [0.15, 0.2) is 0 Å². The summed E-state index contributed by atoms with van der Waals surface area (Å²) in [4.78, 5) is -0.0289. The third-order valence-corrected chi connectivity index (χ3v) is 3.99. The molecule has 0 amide bonds. The zero-order chi connectivity index (χ0) is 15.6. The Bertz CT molecular complexity index is 778. The zero-order valence-corrected chi connectivity index (χ0v) is 12.7. The highest BCUT2D eigenvalue weighted by Crippen LogP contribution is 2.31. The monoisotopic (exact) mass is 327 g/mol. The van der Waals surface area contributed by atoms with Gasteiger partial charge in [0.2, 0.25) is 10.0 Å². The summed E-state index contributed by atoms with van der Waals surface area (Å²) in [5.41, 5.74) is 7.26. The standard InChI is InChI=1S/C13H14ClN3O3S/c1-20-13-5-2-8(6-10(13)14)17-12-7-9(21(16,18)19)3-4-11(12)15/h2-7,17H,15H2,1H3,(H2,16,18,19). The zero-order valence-electron chi connectivity index (χ0n) is 11.1. The fourth-order valence-corrected chi connectivity index (χ4v) is 2.52. The number of primary sulfonamides is 1. The summed E-state index contributed by atoms with van der Waals surface area (Å²) in [6, 6.07) is 9.23. The van der Waals surface area contributed by atoms with Gasteiger partial charge in [-0.1, -0.05) is 11.6 Å². The Morgan fingerprint density at radius 3 is 2.48 bits per heavy atom. The highest BCUT2D eigenvalue weighted by molar-refractivity contribution is 7.89. The number of methoxy groups -OCH3 is 1. The van der Waals surface area contributed by atoms with Crippen molar-refractivity contribution in [1.82, 2.24) is 0 Å². The number of hydrogen-bond donors (Lipinski definition) is 3. The molecule has 0 spiro atoms. The molecule has 0 bridgehead atoms. The van der Waals surface area contributed by atoms with E-state index in [0.29, 0.717) is 27.8 Å². The fraction of sp³-hybridized carbons (Fsp3) is 0.0769. The van der Waals surface area contributed by atoms with Crippen LogP contribution in [0.15, 0.2) is 41.3 Å². The summed E-state index contributed by atoms with van der Waals surface area (Å²) in [5.74, 6) is 0.536. The molecule has 0 saturated heterocycles. The fourth-order valence-electron chi connectivity index (χ4n) is 1.72. The van der Waals surface area contributed by atoms with Crippen molar-refractivity contribution >= 4 is 38.7 Å². The van der Waals surface area contributed by atoms with Crippen LogP contribution in [0.5, 0.6) is 5.75 Å². The van der Waals surface area contributed by atoms with Crippen molar-refractivity contribution in [2.24, 2.45) is 5.14 Å². The summed E-state index contributed by atoms with van der Waals surface area (Å²) < 4.78 is 27.8. The number of nitrogens with two attached hydrogens (primary N) is 2. The van der Waals surface area contributed by atoms with E-state index in [1.54, 1.807) is 18.2 Å². The van der Waals surface area contributed by atoms with Crippen molar-refractivity contribution in [3.05, 3.63) is 41.4 Å². The maximum atomic E-state index is 11.4. The van der Waals surface area contributed by atoms with Crippen molar-refractivity contribution in [1.29, 1.82) is 0 Å². The molecule has 21 heavy (non-hydrogen) atoms. The smallest absolute Gasteiger partial charge is 0.238 e. The number of benzene rings is 2. The average molecular weight is 328 g/mol. The van der Waals surface area contributed by atoms with Crippen molar-refractivity contribution in [3.63, 3.8) is 0 Å². The highest BCUT2D eigenvalue weighted by Gasteiger charge is 2.11. The van der Waals surface area contributed by atoms with Crippen LogP contribution in [0.1, 0.15) is 0 Å². The molecule has 0 aliphatic heterocycles. The van der Waals surface area contributed by atoms with Crippen LogP contribution in [0.3, 0.4) is 0 Å². The topological polar surface area (TPSA) is 107 Å². The van der Waals surface area contributed by atoms with Gasteiger partial charge < -0.3 is 15.8 Å². The molecule has 0 aliphatic carbocycles. The van der Waals surface area contributed by atoms with E-state index in [1.165, 1.54) is 25.3 Å². The Labute approximate surface area is 127 Å². The molecule has 2 aromatic rings. The second-order valence-corrected chi connectivity index (χ2v) is 6.24. The summed E-state index contributed by atoms with van der Waals surface area (Å²) in [5, 5.41) is 8.51. The lowest BCUT2D eigenvalue weighted by molar-refractivity contribution is 0.415. The minimum atomic E-state index is -3.79. The van der Waals surface area contributed by atoms with Gasteiger partial charge >= 0.3 is 0 Å². The minimum Gasteiger partial charge on any atom is -0.495 e. The van der Waals surface area contributed by atoms with Crippen LogP contribution < -0.4 is 20.9 Å². The SMILES string of the molecule is COc1ccc(Nc2cc(S(N)(=O)=O)ccc2N)cc1Cl.